The first kappa shape index (κ1) is 12.7. The molecule has 0 saturated carbocycles. The third-order valence-electron chi connectivity index (χ3n) is 3.33. The Hall–Kier alpha value is -2.37. The largest absolute Gasteiger partial charge is 0.491 e. The molecule has 6 nitrogen and oxygen atoms in total. The molecule has 0 atom stereocenters. The van der Waals surface area contributed by atoms with E-state index >= 15 is 0 Å². The van der Waals surface area contributed by atoms with Crippen LogP contribution in [-0.4, -0.2) is 34.5 Å². The highest BCUT2D eigenvalue weighted by atomic mass is 16.5. The van der Waals surface area contributed by atoms with Crippen molar-refractivity contribution in [1.29, 1.82) is 0 Å². The molecule has 0 radical (unpaired) electrons. The Kier molecular flexibility index (Phi) is 2.93. The Morgan fingerprint density at radius 1 is 1.50 bits per heavy atom. The molecule has 2 aromatic rings. The van der Waals surface area contributed by atoms with Gasteiger partial charge in [-0.1, -0.05) is 0 Å². The molecule has 0 bridgehead atoms. The van der Waals surface area contributed by atoms with Gasteiger partial charge in [-0.25, -0.2) is 9.78 Å². The van der Waals surface area contributed by atoms with Crippen LogP contribution in [0.1, 0.15) is 28.2 Å². The van der Waals surface area contributed by atoms with Crippen molar-refractivity contribution in [3.63, 3.8) is 0 Å². The predicted molar refractivity (Wildman–Crippen MR) is 73.1 cm³/mol. The minimum Gasteiger partial charge on any atom is -0.491 e. The standard InChI is InChI=1S/C14H15N3O3/c1-8-12-9(14(18)19-3)7-10(11-5-4-6-20-11)15-13(12)17(2)16-8/h5,7H,4,6H2,1-3H3. The van der Waals surface area contributed by atoms with Gasteiger partial charge in [0.2, 0.25) is 0 Å². The Balaban J connectivity index is 2.29. The number of nitrogens with zero attached hydrogens (tertiary/aromatic N) is 3. The third kappa shape index (κ3) is 1.84. The number of carbonyl (C=O) groups is 1. The van der Waals surface area contributed by atoms with Gasteiger partial charge in [-0.2, -0.15) is 5.10 Å². The molecule has 3 rings (SSSR count). The average molecular weight is 273 g/mol. The van der Waals surface area contributed by atoms with Gasteiger partial charge in [-0.15, -0.1) is 0 Å². The molecule has 0 amide bonds. The van der Waals surface area contributed by atoms with Gasteiger partial charge in [0.15, 0.2) is 5.65 Å². The highest BCUT2D eigenvalue weighted by Gasteiger charge is 2.21. The van der Waals surface area contributed by atoms with Crippen LogP contribution < -0.4 is 0 Å². The molecule has 20 heavy (non-hydrogen) atoms. The quantitative estimate of drug-likeness (QED) is 0.781. The molecule has 104 valence electrons. The van der Waals surface area contributed by atoms with E-state index in [0.29, 0.717) is 29.3 Å². The lowest BCUT2D eigenvalue weighted by Gasteiger charge is -2.07. The molecule has 2 aromatic heterocycles. The molecule has 0 fully saturated rings. The molecule has 1 aliphatic heterocycles. The van der Waals surface area contributed by atoms with E-state index in [9.17, 15) is 4.79 Å². The number of ether oxygens (including phenoxy) is 2. The second-order valence-corrected chi connectivity index (χ2v) is 4.66. The summed E-state index contributed by atoms with van der Waals surface area (Å²) in [5.41, 5.74) is 2.51. The Morgan fingerprint density at radius 3 is 2.95 bits per heavy atom. The van der Waals surface area contributed by atoms with Crippen molar-refractivity contribution in [3.05, 3.63) is 29.1 Å². The van der Waals surface area contributed by atoms with Crippen LogP contribution in [0, 0.1) is 6.92 Å². The van der Waals surface area contributed by atoms with Gasteiger partial charge in [0, 0.05) is 13.5 Å². The number of rotatable bonds is 2. The summed E-state index contributed by atoms with van der Waals surface area (Å²) in [5, 5.41) is 5.05. The molecule has 6 heteroatoms. The first-order valence-corrected chi connectivity index (χ1v) is 6.38. The molecular weight excluding hydrogens is 258 g/mol. The zero-order chi connectivity index (χ0) is 14.3. The van der Waals surface area contributed by atoms with Gasteiger partial charge < -0.3 is 9.47 Å². The van der Waals surface area contributed by atoms with E-state index in [4.69, 9.17) is 9.47 Å². The van der Waals surface area contributed by atoms with Crippen LogP contribution in [0.15, 0.2) is 12.1 Å². The Bertz CT molecular complexity index is 731. The van der Waals surface area contributed by atoms with Gasteiger partial charge in [0.1, 0.15) is 11.5 Å². The molecule has 0 aliphatic carbocycles. The van der Waals surface area contributed by atoms with Crippen LogP contribution in [0.2, 0.25) is 0 Å². The van der Waals surface area contributed by atoms with E-state index in [2.05, 4.69) is 10.1 Å². The van der Waals surface area contributed by atoms with Crippen LogP contribution in [0.3, 0.4) is 0 Å². The minimum absolute atomic E-state index is 0.395. The number of methoxy groups -OCH3 is 1. The number of esters is 1. The van der Waals surface area contributed by atoms with E-state index in [1.165, 1.54) is 7.11 Å². The smallest absolute Gasteiger partial charge is 0.338 e. The number of hydrogen-bond acceptors (Lipinski definition) is 5. The van der Waals surface area contributed by atoms with Crippen LogP contribution in [0.5, 0.6) is 0 Å². The molecule has 1 aliphatic rings. The third-order valence-corrected chi connectivity index (χ3v) is 3.33. The molecular formula is C14H15N3O3. The molecule has 0 unspecified atom stereocenters. The van der Waals surface area contributed by atoms with Crippen LogP contribution in [0.4, 0.5) is 0 Å². The Morgan fingerprint density at radius 2 is 2.30 bits per heavy atom. The van der Waals surface area contributed by atoms with Gasteiger partial charge in [0.25, 0.3) is 0 Å². The summed E-state index contributed by atoms with van der Waals surface area (Å²) >= 11 is 0. The number of aromatic nitrogens is 3. The van der Waals surface area contributed by atoms with Crippen LogP contribution >= 0.6 is 0 Å². The van der Waals surface area contributed by atoms with Gasteiger partial charge >= 0.3 is 5.97 Å². The summed E-state index contributed by atoms with van der Waals surface area (Å²) in [5.74, 6) is 0.309. The second kappa shape index (κ2) is 4.63. The fourth-order valence-electron chi connectivity index (χ4n) is 2.44. The minimum atomic E-state index is -0.395. The van der Waals surface area contributed by atoms with E-state index in [0.717, 1.165) is 17.5 Å². The lowest BCUT2D eigenvalue weighted by Crippen LogP contribution is -2.05. The molecule has 0 aromatic carbocycles. The summed E-state index contributed by atoms with van der Waals surface area (Å²) in [4.78, 5) is 16.6. The van der Waals surface area contributed by atoms with E-state index < -0.39 is 5.97 Å². The number of pyridine rings is 1. The zero-order valence-electron chi connectivity index (χ0n) is 11.6. The van der Waals surface area contributed by atoms with Crippen molar-refractivity contribution in [2.24, 2.45) is 7.05 Å². The maximum atomic E-state index is 12.0. The van der Waals surface area contributed by atoms with Crippen molar-refractivity contribution in [2.75, 3.05) is 13.7 Å². The highest BCUT2D eigenvalue weighted by molar-refractivity contribution is 6.04. The molecule has 0 N–H and O–H groups in total. The second-order valence-electron chi connectivity index (χ2n) is 4.66. The lowest BCUT2D eigenvalue weighted by atomic mass is 10.1. The number of hydrogen-bond donors (Lipinski definition) is 0. The highest BCUT2D eigenvalue weighted by Crippen LogP contribution is 2.27. The monoisotopic (exact) mass is 273 g/mol. The van der Waals surface area contributed by atoms with Crippen molar-refractivity contribution in [3.8, 4) is 0 Å². The average Bonchev–Trinajstić information content (AvgIpc) is 3.07. The number of aryl methyl sites for hydroxylation is 2. The topological polar surface area (TPSA) is 66.2 Å². The number of fused-ring (bicyclic) bond motifs is 1. The van der Waals surface area contributed by atoms with Crippen molar-refractivity contribution < 1.29 is 14.3 Å². The summed E-state index contributed by atoms with van der Waals surface area (Å²) in [6, 6.07) is 1.71. The summed E-state index contributed by atoms with van der Waals surface area (Å²) < 4.78 is 12.0. The first-order chi connectivity index (χ1) is 9.61. The molecule has 0 saturated heterocycles. The van der Waals surface area contributed by atoms with Crippen LogP contribution in [0.25, 0.3) is 16.8 Å². The van der Waals surface area contributed by atoms with E-state index in [1.54, 1.807) is 17.8 Å². The fourth-order valence-corrected chi connectivity index (χ4v) is 2.44. The van der Waals surface area contributed by atoms with Gasteiger partial charge in [-0.05, 0) is 19.1 Å². The maximum absolute atomic E-state index is 12.0. The van der Waals surface area contributed by atoms with Crippen LogP contribution in [-0.2, 0) is 16.5 Å². The summed E-state index contributed by atoms with van der Waals surface area (Å²) in [6.45, 7) is 2.49. The van der Waals surface area contributed by atoms with Crippen molar-refractivity contribution in [1.82, 2.24) is 14.8 Å². The SMILES string of the molecule is COC(=O)c1cc(C2=CCCO2)nc2c1c(C)nn2C. The summed E-state index contributed by atoms with van der Waals surface area (Å²) in [6.07, 6.45) is 2.82. The van der Waals surface area contributed by atoms with E-state index in [1.807, 2.05) is 13.0 Å². The van der Waals surface area contributed by atoms with Crippen molar-refractivity contribution >= 4 is 22.8 Å². The predicted octanol–water partition coefficient (Wildman–Crippen LogP) is 1.82. The Labute approximate surface area is 116 Å². The lowest BCUT2D eigenvalue weighted by molar-refractivity contribution is 0.0603. The molecule has 3 heterocycles. The summed E-state index contributed by atoms with van der Waals surface area (Å²) in [7, 11) is 3.17. The molecule has 0 spiro atoms. The van der Waals surface area contributed by atoms with E-state index in [-0.39, 0.29) is 0 Å². The zero-order valence-corrected chi connectivity index (χ0v) is 11.6. The maximum Gasteiger partial charge on any atom is 0.338 e. The van der Waals surface area contributed by atoms with Gasteiger partial charge in [-0.3, -0.25) is 4.68 Å². The fraction of sp³-hybridized carbons (Fsp3) is 0.357. The normalized spacial score (nSPS) is 14.2. The van der Waals surface area contributed by atoms with Crippen molar-refractivity contribution in [2.45, 2.75) is 13.3 Å². The number of carbonyl (C=O) groups excluding carboxylic acids is 1. The first-order valence-electron chi connectivity index (χ1n) is 6.38. The van der Waals surface area contributed by atoms with Gasteiger partial charge in [0.05, 0.1) is 30.4 Å².